The summed E-state index contributed by atoms with van der Waals surface area (Å²) in [6.07, 6.45) is 0. The van der Waals surface area contributed by atoms with E-state index in [0.717, 1.165) is 8.26 Å². The molecule has 1 N–H and O–H groups in total. The first-order valence-corrected chi connectivity index (χ1v) is 5.84. The van der Waals surface area contributed by atoms with Crippen molar-refractivity contribution in [2.75, 3.05) is 14.1 Å². The largest absolute Gasteiger partial charge is 0.285 e. The van der Waals surface area contributed by atoms with Crippen LogP contribution in [0.1, 0.15) is 9.67 Å². The third-order valence-electron chi connectivity index (χ3n) is 1.19. The van der Waals surface area contributed by atoms with E-state index in [-0.39, 0.29) is 5.91 Å². The van der Waals surface area contributed by atoms with Crippen LogP contribution in [0.3, 0.4) is 0 Å². The maximum absolute atomic E-state index is 11.4. The second-order valence-corrected chi connectivity index (χ2v) is 5.79. The number of amides is 1. The van der Waals surface area contributed by atoms with Crippen LogP contribution < -0.4 is 5.43 Å². The summed E-state index contributed by atoms with van der Waals surface area (Å²) in [6, 6.07) is 1.79. The van der Waals surface area contributed by atoms with Gasteiger partial charge in [-0.15, -0.1) is 11.3 Å². The number of carbonyl (C=O) groups is 1. The highest BCUT2D eigenvalue weighted by molar-refractivity contribution is 9.13. The molecule has 0 bridgehead atoms. The Hall–Kier alpha value is 0.0900. The predicted octanol–water partition coefficient (Wildman–Crippen LogP) is 2.48. The fourth-order valence-electron chi connectivity index (χ4n) is 0.717. The van der Waals surface area contributed by atoms with Crippen LogP contribution >= 0.6 is 43.2 Å². The van der Waals surface area contributed by atoms with Crippen molar-refractivity contribution in [3.05, 3.63) is 19.2 Å². The molecule has 0 aliphatic heterocycles. The van der Waals surface area contributed by atoms with E-state index in [1.165, 1.54) is 11.3 Å². The third kappa shape index (κ3) is 3.05. The molecule has 1 aromatic rings. The first-order valence-electron chi connectivity index (χ1n) is 3.44. The lowest BCUT2D eigenvalue weighted by Crippen LogP contribution is -2.35. The quantitative estimate of drug-likeness (QED) is 0.846. The molecule has 0 saturated heterocycles. The molecule has 0 radical (unpaired) electrons. The summed E-state index contributed by atoms with van der Waals surface area (Å²) in [7, 11) is 3.55. The van der Waals surface area contributed by atoms with E-state index < -0.39 is 0 Å². The Labute approximate surface area is 97.3 Å². The lowest BCUT2D eigenvalue weighted by Gasteiger charge is -2.09. The van der Waals surface area contributed by atoms with Crippen molar-refractivity contribution in [2.45, 2.75) is 0 Å². The molecule has 0 spiro atoms. The van der Waals surface area contributed by atoms with Gasteiger partial charge in [0.25, 0.3) is 5.91 Å². The number of hydrazine groups is 1. The number of thiophene rings is 1. The Kier molecular flexibility index (Phi) is 3.90. The summed E-state index contributed by atoms with van der Waals surface area (Å²) in [4.78, 5) is 12.1. The van der Waals surface area contributed by atoms with Crippen LogP contribution in [0, 0.1) is 0 Å². The predicted molar refractivity (Wildman–Crippen MR) is 60.9 cm³/mol. The van der Waals surface area contributed by atoms with Crippen LogP contribution in [0.15, 0.2) is 14.3 Å². The SMILES string of the molecule is CN(C)NC(=O)c1cc(Br)c(Br)s1. The van der Waals surface area contributed by atoms with Crippen molar-refractivity contribution in [2.24, 2.45) is 0 Å². The topological polar surface area (TPSA) is 32.3 Å². The molecule has 0 aromatic carbocycles. The van der Waals surface area contributed by atoms with Gasteiger partial charge in [-0.2, -0.15) is 0 Å². The molecule has 1 heterocycles. The van der Waals surface area contributed by atoms with Crippen molar-refractivity contribution < 1.29 is 4.79 Å². The Morgan fingerprint density at radius 1 is 1.54 bits per heavy atom. The van der Waals surface area contributed by atoms with Gasteiger partial charge in [0, 0.05) is 18.6 Å². The average Bonchev–Trinajstić information content (AvgIpc) is 2.31. The minimum atomic E-state index is -0.0959. The van der Waals surface area contributed by atoms with Gasteiger partial charge in [0.05, 0.1) is 8.66 Å². The summed E-state index contributed by atoms with van der Waals surface area (Å²) in [5, 5.41) is 1.61. The molecule has 13 heavy (non-hydrogen) atoms. The van der Waals surface area contributed by atoms with Gasteiger partial charge < -0.3 is 0 Å². The second-order valence-electron chi connectivity index (χ2n) is 2.57. The maximum atomic E-state index is 11.4. The summed E-state index contributed by atoms with van der Waals surface area (Å²) < 4.78 is 1.83. The van der Waals surface area contributed by atoms with Crippen molar-refractivity contribution in [1.82, 2.24) is 10.4 Å². The summed E-state index contributed by atoms with van der Waals surface area (Å²) in [5.41, 5.74) is 2.66. The third-order valence-corrected chi connectivity index (χ3v) is 4.45. The summed E-state index contributed by atoms with van der Waals surface area (Å²) in [5.74, 6) is -0.0959. The Morgan fingerprint density at radius 2 is 2.15 bits per heavy atom. The fourth-order valence-corrected chi connectivity index (χ4v) is 2.64. The minimum absolute atomic E-state index is 0.0959. The molecule has 1 amide bonds. The monoisotopic (exact) mass is 326 g/mol. The molecular formula is C7H8Br2N2OS. The van der Waals surface area contributed by atoms with Gasteiger partial charge in [-0.1, -0.05) is 0 Å². The normalized spacial score (nSPS) is 10.5. The number of nitrogens with one attached hydrogen (secondary N) is 1. The van der Waals surface area contributed by atoms with Gasteiger partial charge in [0.15, 0.2) is 0 Å². The average molecular weight is 328 g/mol. The number of nitrogens with zero attached hydrogens (tertiary/aromatic N) is 1. The molecule has 0 aliphatic carbocycles. The first kappa shape index (κ1) is 11.2. The van der Waals surface area contributed by atoms with Crippen LogP contribution in [-0.4, -0.2) is 25.0 Å². The van der Waals surface area contributed by atoms with E-state index in [4.69, 9.17) is 0 Å². The zero-order chi connectivity index (χ0) is 10.0. The molecule has 0 saturated carbocycles. The second kappa shape index (κ2) is 4.54. The standard InChI is InChI=1S/C7H8Br2N2OS/c1-11(2)10-7(12)5-3-4(8)6(9)13-5/h3H,1-2H3,(H,10,12). The lowest BCUT2D eigenvalue weighted by molar-refractivity contribution is 0.0861. The van der Waals surface area contributed by atoms with Crippen molar-refractivity contribution in [3.8, 4) is 0 Å². The van der Waals surface area contributed by atoms with E-state index in [9.17, 15) is 4.79 Å². The zero-order valence-corrected chi connectivity index (χ0v) is 11.1. The van der Waals surface area contributed by atoms with E-state index in [0.29, 0.717) is 4.88 Å². The van der Waals surface area contributed by atoms with E-state index in [2.05, 4.69) is 37.3 Å². The van der Waals surface area contributed by atoms with E-state index >= 15 is 0 Å². The van der Waals surface area contributed by atoms with Gasteiger partial charge in [0.1, 0.15) is 0 Å². The van der Waals surface area contributed by atoms with Crippen LogP contribution in [-0.2, 0) is 0 Å². The van der Waals surface area contributed by atoms with Crippen molar-refractivity contribution in [3.63, 3.8) is 0 Å². The van der Waals surface area contributed by atoms with Crippen LogP contribution in [0.25, 0.3) is 0 Å². The van der Waals surface area contributed by atoms with E-state index in [1.54, 1.807) is 25.2 Å². The molecule has 1 rings (SSSR count). The number of halogens is 2. The molecule has 0 fully saturated rings. The highest BCUT2D eigenvalue weighted by atomic mass is 79.9. The number of carbonyl (C=O) groups excluding carboxylic acids is 1. The molecule has 72 valence electrons. The van der Waals surface area contributed by atoms with Gasteiger partial charge in [-0.3, -0.25) is 10.2 Å². The van der Waals surface area contributed by atoms with Gasteiger partial charge in [0.2, 0.25) is 0 Å². The van der Waals surface area contributed by atoms with Gasteiger partial charge in [-0.05, 0) is 37.9 Å². The Bertz CT molecular complexity index is 305. The number of rotatable bonds is 2. The van der Waals surface area contributed by atoms with Crippen molar-refractivity contribution >= 4 is 49.1 Å². The molecule has 6 heteroatoms. The fraction of sp³-hybridized carbons (Fsp3) is 0.286. The minimum Gasteiger partial charge on any atom is -0.285 e. The maximum Gasteiger partial charge on any atom is 0.275 e. The van der Waals surface area contributed by atoms with E-state index in [1.807, 2.05) is 0 Å². The first-order chi connectivity index (χ1) is 6.00. The Balaban J connectivity index is 2.77. The smallest absolute Gasteiger partial charge is 0.275 e. The zero-order valence-electron chi connectivity index (χ0n) is 7.10. The van der Waals surface area contributed by atoms with Crippen LogP contribution in [0.5, 0.6) is 0 Å². The summed E-state index contributed by atoms with van der Waals surface area (Å²) >= 11 is 8.04. The molecule has 0 aliphatic rings. The highest BCUT2D eigenvalue weighted by Gasteiger charge is 2.11. The lowest BCUT2D eigenvalue weighted by atomic mass is 10.4. The molecular weight excluding hydrogens is 320 g/mol. The molecule has 1 aromatic heterocycles. The number of hydrogen-bond acceptors (Lipinski definition) is 3. The molecule has 0 atom stereocenters. The molecule has 0 unspecified atom stereocenters. The van der Waals surface area contributed by atoms with Gasteiger partial charge in [-0.25, -0.2) is 5.01 Å². The molecule has 3 nitrogen and oxygen atoms in total. The summed E-state index contributed by atoms with van der Waals surface area (Å²) in [6.45, 7) is 0. The van der Waals surface area contributed by atoms with Crippen LogP contribution in [0.2, 0.25) is 0 Å². The van der Waals surface area contributed by atoms with Crippen LogP contribution in [0.4, 0.5) is 0 Å². The number of hydrogen-bond donors (Lipinski definition) is 1. The highest BCUT2D eigenvalue weighted by Crippen LogP contribution is 2.32. The Morgan fingerprint density at radius 3 is 2.54 bits per heavy atom. The van der Waals surface area contributed by atoms with Crippen molar-refractivity contribution in [1.29, 1.82) is 0 Å². The van der Waals surface area contributed by atoms with Gasteiger partial charge >= 0.3 is 0 Å².